The second-order valence-corrected chi connectivity index (χ2v) is 16.1. The molecule has 0 aromatic rings. The molecule has 9 amide bonds. The molecule has 8 atom stereocenters. The molecular weight excluding hydrogens is 853 g/mol. The van der Waals surface area contributed by atoms with Crippen LogP contribution in [0, 0.1) is 11.8 Å². The summed E-state index contributed by atoms with van der Waals surface area (Å²) in [6, 6.07) is -9.58. The molecule has 0 radical (unpaired) electrons. The molecule has 0 unspecified atom stereocenters. The number of nitrogens with two attached hydrogens (primary N) is 3. The zero-order chi connectivity index (χ0) is 50.1. The number of allylic oxidation sites excluding steroid dienone is 1. The van der Waals surface area contributed by atoms with Crippen LogP contribution in [-0.2, 0) is 47.9 Å². The minimum Gasteiger partial charge on any atom is -0.480 e. The van der Waals surface area contributed by atoms with E-state index in [9.17, 15) is 58.2 Å². The predicted octanol–water partition coefficient (Wildman–Crippen LogP) is -3.50. The Hall–Kier alpha value is -6.59. The number of carboxylic acid groups (broad SMARTS) is 1. The summed E-state index contributed by atoms with van der Waals surface area (Å²) in [5, 5.41) is 36.5. The first-order valence-electron chi connectivity index (χ1n) is 21.1. The normalized spacial score (nSPS) is 14.6. The third kappa shape index (κ3) is 23.1. The number of aliphatic hydroxyl groups excluding tert-OH is 1. The monoisotopic (exact) mass is 923 g/mol. The van der Waals surface area contributed by atoms with Crippen LogP contribution in [0.1, 0.15) is 87.0 Å². The molecule has 366 valence electrons. The van der Waals surface area contributed by atoms with Crippen LogP contribution in [0.3, 0.4) is 0 Å². The van der Waals surface area contributed by atoms with Gasteiger partial charge in [-0.2, -0.15) is 0 Å². The van der Waals surface area contributed by atoms with Crippen LogP contribution in [0.5, 0.6) is 0 Å². The van der Waals surface area contributed by atoms with Crippen molar-refractivity contribution in [3.63, 3.8) is 0 Å². The second kappa shape index (κ2) is 29.7. The molecule has 0 saturated carbocycles. The maximum Gasteiger partial charge on any atom is 0.325 e. The van der Waals surface area contributed by atoms with Gasteiger partial charge in [0.2, 0.25) is 53.2 Å². The summed E-state index contributed by atoms with van der Waals surface area (Å²) in [7, 11) is 0. The Morgan fingerprint density at radius 1 is 0.662 bits per heavy atom. The van der Waals surface area contributed by atoms with Crippen molar-refractivity contribution in [2.45, 2.75) is 135 Å². The van der Waals surface area contributed by atoms with Crippen molar-refractivity contribution in [1.82, 2.24) is 42.1 Å². The molecule has 0 rings (SSSR count). The number of guanidine groups is 1. The number of primary amides is 1. The van der Waals surface area contributed by atoms with E-state index in [1.807, 2.05) is 0 Å². The maximum absolute atomic E-state index is 13.8. The van der Waals surface area contributed by atoms with E-state index < -0.39 is 126 Å². The van der Waals surface area contributed by atoms with Crippen molar-refractivity contribution in [1.29, 1.82) is 0 Å². The topological polar surface area (TPSA) is 389 Å². The molecule has 0 heterocycles. The lowest BCUT2D eigenvalue weighted by atomic mass is 9.99. The van der Waals surface area contributed by atoms with Gasteiger partial charge in [-0.3, -0.25) is 52.9 Å². The fourth-order valence-electron chi connectivity index (χ4n) is 5.91. The van der Waals surface area contributed by atoms with E-state index in [4.69, 9.17) is 17.2 Å². The molecule has 65 heavy (non-hydrogen) atoms. The van der Waals surface area contributed by atoms with Gasteiger partial charge in [-0.15, -0.1) is 13.2 Å². The quantitative estimate of drug-likeness (QED) is 0.0139. The molecule has 0 aromatic carbocycles. The summed E-state index contributed by atoms with van der Waals surface area (Å²) in [6.07, 6.45) is 1.21. The van der Waals surface area contributed by atoms with Crippen molar-refractivity contribution in [2.24, 2.45) is 34.0 Å². The lowest BCUT2D eigenvalue weighted by molar-refractivity contribution is -0.142. The van der Waals surface area contributed by atoms with Gasteiger partial charge >= 0.3 is 5.97 Å². The molecule has 0 fully saturated rings. The van der Waals surface area contributed by atoms with Gasteiger partial charge in [0.05, 0.1) is 19.1 Å². The van der Waals surface area contributed by atoms with Crippen molar-refractivity contribution >= 4 is 65.1 Å². The Morgan fingerprint density at radius 3 is 1.72 bits per heavy atom. The average molecular weight is 923 g/mol. The first-order valence-corrected chi connectivity index (χ1v) is 21.1. The summed E-state index contributed by atoms with van der Waals surface area (Å²) < 4.78 is 0. The van der Waals surface area contributed by atoms with Gasteiger partial charge in [0.15, 0.2) is 5.96 Å². The smallest absolute Gasteiger partial charge is 0.325 e. The molecule has 0 aliphatic rings. The number of aliphatic hydroxyl groups is 1. The van der Waals surface area contributed by atoms with E-state index in [0.717, 1.165) is 4.90 Å². The third-order valence-electron chi connectivity index (χ3n) is 9.33. The van der Waals surface area contributed by atoms with E-state index in [2.05, 4.69) is 55.4 Å². The van der Waals surface area contributed by atoms with Crippen molar-refractivity contribution in [3.8, 4) is 0 Å². The Kier molecular flexibility index (Phi) is 26.7. The fourth-order valence-corrected chi connectivity index (χ4v) is 5.91. The molecule has 0 aliphatic heterocycles. The molecule has 0 spiro atoms. The number of nitrogens with one attached hydrogen (secondary N) is 7. The minimum absolute atomic E-state index is 0.00157. The number of carbonyl (C=O) groups excluding carboxylic acids is 9. The van der Waals surface area contributed by atoms with Crippen LogP contribution in [0.2, 0.25) is 0 Å². The van der Waals surface area contributed by atoms with E-state index >= 15 is 0 Å². The lowest BCUT2D eigenvalue weighted by Gasteiger charge is -2.29. The van der Waals surface area contributed by atoms with Crippen LogP contribution < -0.4 is 54.4 Å². The van der Waals surface area contributed by atoms with E-state index in [0.29, 0.717) is 6.42 Å². The zero-order valence-corrected chi connectivity index (χ0v) is 38.3. The molecule has 0 bridgehead atoms. The molecule has 0 aliphatic carbocycles. The molecule has 24 nitrogen and oxygen atoms in total. The molecule has 24 heteroatoms. The number of aliphatic carboxylic acids is 1. The zero-order valence-electron chi connectivity index (χ0n) is 38.3. The third-order valence-corrected chi connectivity index (χ3v) is 9.33. The summed E-state index contributed by atoms with van der Waals surface area (Å²) in [5.41, 5.74) is 16.1. The number of carbonyl (C=O) groups is 10. The van der Waals surface area contributed by atoms with Crippen LogP contribution >= 0.6 is 0 Å². The molecule has 0 saturated heterocycles. The van der Waals surface area contributed by atoms with Gasteiger partial charge in [-0.1, -0.05) is 39.8 Å². The number of nitrogens with zero attached hydrogens (tertiary/aromatic N) is 2. The molecule has 15 N–H and O–H groups in total. The number of hydrogen-bond donors (Lipinski definition) is 12. The SMILES string of the molecule is C=CCCC(=O)N[C@H](C(=O)N[C@@H](C)C(=O)N(CC=C)CC(=O)N[C@@H](CC(N)=O)C(=O)N[C@@H](CC(C)C)C(=O)N[C@H](C(=O)N[C@@H](CCCN=C(N)N)C(=O)N[C@@H](C)C(=O)O)C(C)C)[C@@H](C)O. The Morgan fingerprint density at radius 2 is 1.22 bits per heavy atom. The number of rotatable bonds is 31. The number of aliphatic imine (C=N–C) groups is 1. The molecule has 0 aromatic heterocycles. The number of amides is 9. The van der Waals surface area contributed by atoms with Gasteiger partial charge in [-0.25, -0.2) is 0 Å². The summed E-state index contributed by atoms with van der Waals surface area (Å²) >= 11 is 0. The Balaban J connectivity index is 6.23. The van der Waals surface area contributed by atoms with Gasteiger partial charge in [0.1, 0.15) is 42.3 Å². The largest absolute Gasteiger partial charge is 0.480 e. The highest BCUT2D eigenvalue weighted by Crippen LogP contribution is 2.11. The van der Waals surface area contributed by atoms with Crippen molar-refractivity contribution in [3.05, 3.63) is 25.3 Å². The van der Waals surface area contributed by atoms with Gasteiger partial charge < -0.3 is 69.5 Å². The Bertz CT molecular complexity index is 1730. The maximum atomic E-state index is 13.8. The minimum atomic E-state index is -1.66. The fraction of sp³-hybridized carbons (Fsp3) is 0.634. The number of hydrogen-bond acceptors (Lipinski definition) is 12. The standard InChI is InChI=1S/C41H70N12O12/c1-10-12-15-30(56)51-33(25(9)54)38(62)46-23(7)39(63)53(17-11-2)20-31(57)48-28(19-29(42)55)35(59)50-27(18-21(3)4)36(60)52-32(22(5)6)37(61)49-26(14-13-16-45-41(43)44)34(58)47-24(8)40(64)65/h10-11,21-28,32-33,54H,1-2,12-20H2,3-9H3,(H2,42,55)(H,46,62)(H,47,58)(H,48,57)(H,49,61)(H,50,59)(H,51,56)(H,52,60)(H,64,65)(H4,43,44,45)/t23-,24-,25+,26-,27-,28-,32-,33-/m0/s1. The van der Waals surface area contributed by atoms with Gasteiger partial charge in [-0.05, 0) is 58.3 Å². The lowest BCUT2D eigenvalue weighted by Crippen LogP contribution is -2.60. The highest BCUT2D eigenvalue weighted by molar-refractivity contribution is 5.98. The summed E-state index contributed by atoms with van der Waals surface area (Å²) in [5.74, 6) is -10.0. The van der Waals surface area contributed by atoms with Crippen LogP contribution in [-0.4, -0.2) is 148 Å². The van der Waals surface area contributed by atoms with Crippen LogP contribution in [0.25, 0.3) is 0 Å². The highest BCUT2D eigenvalue weighted by Gasteiger charge is 2.35. The van der Waals surface area contributed by atoms with E-state index in [-0.39, 0.29) is 50.7 Å². The Labute approximate surface area is 379 Å². The summed E-state index contributed by atoms with van der Waals surface area (Å²) in [4.78, 5) is 135. The first kappa shape index (κ1) is 58.4. The van der Waals surface area contributed by atoms with Gasteiger partial charge in [0.25, 0.3) is 0 Å². The van der Waals surface area contributed by atoms with Crippen molar-refractivity contribution in [2.75, 3.05) is 19.6 Å². The van der Waals surface area contributed by atoms with Crippen molar-refractivity contribution < 1.29 is 58.2 Å². The highest BCUT2D eigenvalue weighted by atomic mass is 16.4. The summed E-state index contributed by atoms with van der Waals surface area (Å²) in [6.45, 7) is 16.8. The predicted molar refractivity (Wildman–Crippen MR) is 238 cm³/mol. The van der Waals surface area contributed by atoms with E-state index in [1.54, 1.807) is 27.7 Å². The molecular formula is C41H70N12O12. The average Bonchev–Trinajstić information content (AvgIpc) is 3.19. The van der Waals surface area contributed by atoms with Crippen LogP contribution in [0.4, 0.5) is 0 Å². The van der Waals surface area contributed by atoms with Gasteiger partial charge in [0, 0.05) is 19.5 Å². The van der Waals surface area contributed by atoms with Crippen LogP contribution in [0.15, 0.2) is 30.3 Å². The second-order valence-electron chi connectivity index (χ2n) is 16.1. The first-order chi connectivity index (χ1) is 30.2. The van der Waals surface area contributed by atoms with E-state index in [1.165, 1.54) is 32.9 Å². The number of carboxylic acids is 1.